The molecule has 4 N–H and O–H groups in total. The molecule has 1 aliphatic carbocycles. The average molecular weight is 329 g/mol. The van der Waals surface area contributed by atoms with Crippen molar-refractivity contribution >= 4 is 5.91 Å². The summed E-state index contributed by atoms with van der Waals surface area (Å²) in [5.41, 5.74) is 9.05. The number of carbonyl (C=O) groups is 1. The number of nitrogens with zero attached hydrogens (tertiary/aromatic N) is 3. The Morgan fingerprint density at radius 2 is 2.17 bits per heavy atom. The summed E-state index contributed by atoms with van der Waals surface area (Å²) in [6.45, 7) is 3.47. The van der Waals surface area contributed by atoms with E-state index < -0.39 is 17.7 Å². The number of pyridine rings is 1. The van der Waals surface area contributed by atoms with E-state index in [1.165, 1.54) is 6.92 Å². The summed E-state index contributed by atoms with van der Waals surface area (Å²) >= 11 is 0. The van der Waals surface area contributed by atoms with Crippen molar-refractivity contribution in [3.63, 3.8) is 0 Å². The Balaban J connectivity index is 1.78. The highest BCUT2D eigenvalue weighted by Crippen LogP contribution is 2.44. The second-order valence-electron chi connectivity index (χ2n) is 6.57. The first-order chi connectivity index (χ1) is 11.3. The van der Waals surface area contributed by atoms with Crippen LogP contribution in [0.4, 0.5) is 0 Å². The van der Waals surface area contributed by atoms with E-state index in [0.29, 0.717) is 0 Å². The Morgan fingerprint density at radius 1 is 1.46 bits per heavy atom. The van der Waals surface area contributed by atoms with Gasteiger partial charge in [-0.1, -0.05) is 6.07 Å². The van der Waals surface area contributed by atoms with Gasteiger partial charge in [0.1, 0.15) is 6.04 Å². The van der Waals surface area contributed by atoms with E-state index in [-0.39, 0.29) is 5.91 Å². The molecule has 1 amide bonds. The molecule has 1 aliphatic rings. The highest BCUT2D eigenvalue weighted by atomic mass is 16.3. The Hall–Kier alpha value is -2.25. The van der Waals surface area contributed by atoms with Crippen LogP contribution in [0.25, 0.3) is 11.1 Å². The van der Waals surface area contributed by atoms with Crippen molar-refractivity contribution in [2.24, 2.45) is 12.8 Å². The van der Waals surface area contributed by atoms with E-state index in [1.54, 1.807) is 10.9 Å². The molecule has 0 aliphatic heterocycles. The van der Waals surface area contributed by atoms with Crippen molar-refractivity contribution < 1.29 is 9.90 Å². The number of hydrogen-bond acceptors (Lipinski definition) is 5. The normalized spacial score (nSPS) is 18.0. The summed E-state index contributed by atoms with van der Waals surface area (Å²) in [6.07, 6.45) is 4.53. The Labute approximate surface area is 140 Å². The van der Waals surface area contributed by atoms with Crippen molar-refractivity contribution in [3.8, 4) is 11.1 Å². The van der Waals surface area contributed by atoms with Crippen LogP contribution < -0.4 is 11.1 Å². The second kappa shape index (κ2) is 5.99. The molecule has 7 heteroatoms. The largest absolute Gasteiger partial charge is 0.391 e. The summed E-state index contributed by atoms with van der Waals surface area (Å²) in [5, 5.41) is 16.7. The molecule has 0 unspecified atom stereocenters. The van der Waals surface area contributed by atoms with Crippen LogP contribution in [0, 0.1) is 6.92 Å². The van der Waals surface area contributed by atoms with Gasteiger partial charge in [-0.2, -0.15) is 5.10 Å². The van der Waals surface area contributed by atoms with E-state index in [0.717, 1.165) is 35.4 Å². The number of hydrogen-bond donors (Lipinski definition) is 3. The van der Waals surface area contributed by atoms with Crippen molar-refractivity contribution in [3.05, 3.63) is 35.9 Å². The lowest BCUT2D eigenvalue weighted by atomic mass is 10.1. The Bertz CT molecular complexity index is 747. The number of rotatable bonds is 5. The predicted molar refractivity (Wildman–Crippen MR) is 89.9 cm³/mol. The van der Waals surface area contributed by atoms with E-state index in [1.807, 2.05) is 32.3 Å². The molecule has 2 aromatic heterocycles. The molecule has 2 atom stereocenters. The summed E-state index contributed by atoms with van der Waals surface area (Å²) in [7, 11) is 1.89. The standard InChI is InChI=1S/C17H23N5O2/c1-10-13(9-22(3)21-10)12-4-5-14(19-8-12)17(6-7-17)20-16(24)15(18)11(2)23/h4-5,8-9,11,15,23H,6-7,18H2,1-3H3,(H,20,24)/t11-,15+/m1/s1. The van der Waals surface area contributed by atoms with E-state index in [4.69, 9.17) is 5.73 Å². The number of amides is 1. The van der Waals surface area contributed by atoms with Crippen LogP contribution in [0.2, 0.25) is 0 Å². The molecule has 0 spiro atoms. The molecular weight excluding hydrogens is 306 g/mol. The maximum absolute atomic E-state index is 12.1. The zero-order valence-electron chi connectivity index (χ0n) is 14.2. The molecule has 0 aromatic carbocycles. The van der Waals surface area contributed by atoms with Crippen molar-refractivity contribution in [1.29, 1.82) is 0 Å². The van der Waals surface area contributed by atoms with Gasteiger partial charge in [0, 0.05) is 30.6 Å². The van der Waals surface area contributed by atoms with Gasteiger partial charge in [-0.05, 0) is 32.8 Å². The van der Waals surface area contributed by atoms with E-state index >= 15 is 0 Å². The van der Waals surface area contributed by atoms with Gasteiger partial charge in [0.15, 0.2) is 0 Å². The second-order valence-corrected chi connectivity index (χ2v) is 6.57. The Morgan fingerprint density at radius 3 is 2.62 bits per heavy atom. The number of aromatic nitrogens is 3. The fourth-order valence-corrected chi connectivity index (χ4v) is 2.83. The zero-order valence-corrected chi connectivity index (χ0v) is 14.2. The van der Waals surface area contributed by atoms with Crippen LogP contribution in [0.3, 0.4) is 0 Å². The van der Waals surface area contributed by atoms with Crippen LogP contribution in [0.1, 0.15) is 31.2 Å². The highest BCUT2D eigenvalue weighted by Gasteiger charge is 2.47. The topological polar surface area (TPSA) is 106 Å². The minimum absolute atomic E-state index is 0.350. The summed E-state index contributed by atoms with van der Waals surface area (Å²) in [4.78, 5) is 16.7. The molecule has 1 saturated carbocycles. The lowest BCUT2D eigenvalue weighted by Gasteiger charge is -2.21. The molecule has 128 valence electrons. The average Bonchev–Trinajstić information content (AvgIpc) is 3.24. The summed E-state index contributed by atoms with van der Waals surface area (Å²) < 4.78 is 1.78. The minimum Gasteiger partial charge on any atom is -0.391 e. The van der Waals surface area contributed by atoms with Crippen LogP contribution in [0.15, 0.2) is 24.5 Å². The van der Waals surface area contributed by atoms with Gasteiger partial charge in [0.25, 0.3) is 0 Å². The predicted octanol–water partition coefficient (Wildman–Crippen LogP) is 0.604. The van der Waals surface area contributed by atoms with Gasteiger partial charge >= 0.3 is 0 Å². The first kappa shape index (κ1) is 16.6. The fourth-order valence-electron chi connectivity index (χ4n) is 2.83. The molecule has 0 saturated heterocycles. The highest BCUT2D eigenvalue weighted by molar-refractivity contribution is 5.83. The SMILES string of the molecule is Cc1nn(C)cc1-c1ccc(C2(NC(=O)[C@@H](N)[C@@H](C)O)CC2)nc1. The smallest absolute Gasteiger partial charge is 0.240 e. The van der Waals surface area contributed by atoms with Crippen LogP contribution >= 0.6 is 0 Å². The minimum atomic E-state index is -0.931. The summed E-state index contributed by atoms with van der Waals surface area (Å²) in [6, 6.07) is 3.00. The van der Waals surface area contributed by atoms with Gasteiger partial charge < -0.3 is 16.2 Å². The zero-order chi connectivity index (χ0) is 17.5. The van der Waals surface area contributed by atoms with Crippen LogP contribution in [0.5, 0.6) is 0 Å². The third kappa shape index (κ3) is 3.05. The number of aliphatic hydroxyl groups excluding tert-OH is 1. The number of aryl methyl sites for hydroxylation is 2. The molecule has 7 nitrogen and oxygen atoms in total. The number of nitrogens with two attached hydrogens (primary N) is 1. The van der Waals surface area contributed by atoms with E-state index in [2.05, 4.69) is 15.4 Å². The molecule has 3 rings (SSSR count). The number of nitrogens with one attached hydrogen (secondary N) is 1. The molecule has 1 fully saturated rings. The third-order valence-electron chi connectivity index (χ3n) is 4.51. The lowest BCUT2D eigenvalue weighted by Crippen LogP contribution is -2.50. The number of carbonyl (C=O) groups excluding carboxylic acids is 1. The van der Waals surface area contributed by atoms with Gasteiger partial charge in [-0.3, -0.25) is 14.5 Å². The quantitative estimate of drug-likeness (QED) is 0.745. The van der Waals surface area contributed by atoms with Crippen molar-refractivity contribution in [1.82, 2.24) is 20.1 Å². The first-order valence-electron chi connectivity index (χ1n) is 8.05. The Kier molecular flexibility index (Phi) is 4.15. The van der Waals surface area contributed by atoms with Crippen LogP contribution in [-0.2, 0) is 17.4 Å². The molecule has 2 aromatic rings. The summed E-state index contributed by atoms with van der Waals surface area (Å²) in [5.74, 6) is -0.350. The molecule has 24 heavy (non-hydrogen) atoms. The molecular formula is C17H23N5O2. The van der Waals surface area contributed by atoms with E-state index in [9.17, 15) is 9.90 Å². The third-order valence-corrected chi connectivity index (χ3v) is 4.51. The monoisotopic (exact) mass is 329 g/mol. The molecule has 0 radical (unpaired) electrons. The first-order valence-corrected chi connectivity index (χ1v) is 8.05. The maximum atomic E-state index is 12.1. The lowest BCUT2D eigenvalue weighted by molar-refractivity contribution is -0.125. The van der Waals surface area contributed by atoms with Crippen LogP contribution in [-0.4, -0.2) is 37.9 Å². The van der Waals surface area contributed by atoms with Gasteiger partial charge in [-0.25, -0.2) is 0 Å². The van der Waals surface area contributed by atoms with Gasteiger partial charge in [-0.15, -0.1) is 0 Å². The van der Waals surface area contributed by atoms with Gasteiger partial charge in [0.2, 0.25) is 5.91 Å². The van der Waals surface area contributed by atoms with Gasteiger partial charge in [0.05, 0.1) is 23.0 Å². The molecule has 2 heterocycles. The maximum Gasteiger partial charge on any atom is 0.240 e. The number of aliphatic hydroxyl groups is 1. The fraction of sp³-hybridized carbons (Fsp3) is 0.471. The van der Waals surface area contributed by atoms with Crippen molar-refractivity contribution in [2.45, 2.75) is 44.4 Å². The molecule has 0 bridgehead atoms. The van der Waals surface area contributed by atoms with Crippen molar-refractivity contribution in [2.75, 3.05) is 0 Å².